The van der Waals surface area contributed by atoms with Crippen LogP contribution in [0.3, 0.4) is 0 Å². The molecule has 3 nitrogen and oxygen atoms in total. The van der Waals surface area contributed by atoms with Crippen LogP contribution in [0.15, 0.2) is 18.2 Å². The number of imidazole rings is 1. The number of aryl methyl sites for hydroxylation is 1. The van der Waals surface area contributed by atoms with Gasteiger partial charge in [0.25, 0.3) is 0 Å². The molecule has 0 fully saturated rings. The van der Waals surface area contributed by atoms with E-state index in [4.69, 9.17) is 5.11 Å². The van der Waals surface area contributed by atoms with E-state index in [1.807, 2.05) is 25.1 Å². The molecular weight excluding hydrogens is 188 g/mol. The Morgan fingerprint density at radius 3 is 2.73 bits per heavy atom. The first-order valence-corrected chi connectivity index (χ1v) is 5.22. The first-order valence-electron chi connectivity index (χ1n) is 5.22. The van der Waals surface area contributed by atoms with Crippen LogP contribution in [-0.2, 0) is 6.61 Å². The molecule has 0 atom stereocenters. The lowest BCUT2D eigenvalue weighted by atomic mass is 10.2. The standard InChI is InChI=1S/C12H16N2O/c1-8(2)14-9(3)13-11-6-10(7-15)4-5-12(11)14/h4-6,8,15H,7H2,1-3H3. The lowest BCUT2D eigenvalue weighted by Gasteiger charge is -2.10. The topological polar surface area (TPSA) is 38.1 Å². The molecule has 0 spiro atoms. The van der Waals surface area contributed by atoms with E-state index in [2.05, 4.69) is 23.4 Å². The van der Waals surface area contributed by atoms with Crippen molar-refractivity contribution >= 4 is 11.0 Å². The SMILES string of the molecule is Cc1nc2cc(CO)ccc2n1C(C)C. The van der Waals surface area contributed by atoms with Crippen LogP contribution in [0, 0.1) is 6.92 Å². The monoisotopic (exact) mass is 204 g/mol. The molecule has 0 saturated heterocycles. The number of benzene rings is 1. The molecule has 1 aromatic heterocycles. The van der Waals surface area contributed by atoms with Crippen molar-refractivity contribution in [2.75, 3.05) is 0 Å². The zero-order chi connectivity index (χ0) is 11.0. The minimum absolute atomic E-state index is 0.0729. The molecule has 0 amide bonds. The maximum atomic E-state index is 9.05. The van der Waals surface area contributed by atoms with Crippen LogP contribution in [0.2, 0.25) is 0 Å². The highest BCUT2D eigenvalue weighted by Gasteiger charge is 2.09. The summed E-state index contributed by atoms with van der Waals surface area (Å²) >= 11 is 0. The van der Waals surface area contributed by atoms with Crippen molar-refractivity contribution in [1.82, 2.24) is 9.55 Å². The quantitative estimate of drug-likeness (QED) is 0.815. The van der Waals surface area contributed by atoms with E-state index in [9.17, 15) is 0 Å². The molecule has 15 heavy (non-hydrogen) atoms. The summed E-state index contributed by atoms with van der Waals surface area (Å²) in [5.74, 6) is 1.02. The van der Waals surface area contributed by atoms with E-state index < -0.39 is 0 Å². The number of hydrogen-bond acceptors (Lipinski definition) is 2. The Hall–Kier alpha value is -1.35. The molecular formula is C12H16N2O. The van der Waals surface area contributed by atoms with Gasteiger partial charge in [-0.05, 0) is 38.5 Å². The summed E-state index contributed by atoms with van der Waals surface area (Å²) in [6.45, 7) is 6.38. The third-order valence-electron chi connectivity index (χ3n) is 2.63. The fraction of sp³-hybridized carbons (Fsp3) is 0.417. The van der Waals surface area contributed by atoms with Crippen molar-refractivity contribution in [3.05, 3.63) is 29.6 Å². The van der Waals surface area contributed by atoms with Gasteiger partial charge in [0.05, 0.1) is 17.6 Å². The zero-order valence-electron chi connectivity index (χ0n) is 9.36. The fourth-order valence-corrected chi connectivity index (χ4v) is 2.01. The highest BCUT2D eigenvalue weighted by Crippen LogP contribution is 2.21. The van der Waals surface area contributed by atoms with Crippen LogP contribution in [0.5, 0.6) is 0 Å². The van der Waals surface area contributed by atoms with Crippen molar-refractivity contribution in [2.24, 2.45) is 0 Å². The van der Waals surface area contributed by atoms with Gasteiger partial charge in [0.15, 0.2) is 0 Å². The molecule has 0 aliphatic heterocycles. The third kappa shape index (κ3) is 1.63. The smallest absolute Gasteiger partial charge is 0.106 e. The average molecular weight is 204 g/mol. The second-order valence-corrected chi connectivity index (χ2v) is 4.10. The lowest BCUT2D eigenvalue weighted by Crippen LogP contribution is -2.02. The van der Waals surface area contributed by atoms with Gasteiger partial charge >= 0.3 is 0 Å². The maximum absolute atomic E-state index is 9.05. The van der Waals surface area contributed by atoms with Crippen molar-refractivity contribution in [2.45, 2.75) is 33.4 Å². The van der Waals surface area contributed by atoms with Gasteiger partial charge in [0.2, 0.25) is 0 Å². The Bertz CT molecular complexity index is 486. The lowest BCUT2D eigenvalue weighted by molar-refractivity contribution is 0.282. The summed E-state index contributed by atoms with van der Waals surface area (Å²) in [5, 5.41) is 9.05. The molecule has 0 radical (unpaired) electrons. The predicted molar refractivity (Wildman–Crippen MR) is 60.8 cm³/mol. The Morgan fingerprint density at radius 2 is 2.13 bits per heavy atom. The number of aliphatic hydroxyl groups is 1. The zero-order valence-corrected chi connectivity index (χ0v) is 9.36. The second-order valence-electron chi connectivity index (χ2n) is 4.10. The number of aliphatic hydroxyl groups excluding tert-OH is 1. The van der Waals surface area contributed by atoms with Crippen LogP contribution in [0.1, 0.15) is 31.3 Å². The van der Waals surface area contributed by atoms with Crippen LogP contribution in [0.4, 0.5) is 0 Å². The normalized spacial score (nSPS) is 11.5. The molecule has 0 unspecified atom stereocenters. The van der Waals surface area contributed by atoms with E-state index in [1.165, 1.54) is 0 Å². The molecule has 0 aliphatic carbocycles. The van der Waals surface area contributed by atoms with Crippen molar-refractivity contribution in [3.8, 4) is 0 Å². The summed E-state index contributed by atoms with van der Waals surface area (Å²) < 4.78 is 2.20. The Labute approximate surface area is 89.4 Å². The van der Waals surface area contributed by atoms with Crippen molar-refractivity contribution < 1.29 is 5.11 Å². The van der Waals surface area contributed by atoms with Gasteiger partial charge < -0.3 is 9.67 Å². The minimum Gasteiger partial charge on any atom is -0.392 e. The van der Waals surface area contributed by atoms with Crippen LogP contribution < -0.4 is 0 Å². The first kappa shape index (κ1) is 10.2. The number of aromatic nitrogens is 2. The van der Waals surface area contributed by atoms with E-state index in [0.717, 1.165) is 22.4 Å². The Kier molecular flexibility index (Phi) is 2.49. The Morgan fingerprint density at radius 1 is 1.40 bits per heavy atom. The van der Waals surface area contributed by atoms with Crippen LogP contribution in [0.25, 0.3) is 11.0 Å². The highest BCUT2D eigenvalue weighted by atomic mass is 16.3. The first-order chi connectivity index (χ1) is 7.13. The van der Waals surface area contributed by atoms with E-state index in [-0.39, 0.29) is 6.61 Å². The molecule has 0 aliphatic rings. The van der Waals surface area contributed by atoms with Gasteiger partial charge in [-0.25, -0.2) is 4.98 Å². The van der Waals surface area contributed by atoms with E-state index in [0.29, 0.717) is 6.04 Å². The maximum Gasteiger partial charge on any atom is 0.106 e. The van der Waals surface area contributed by atoms with Crippen molar-refractivity contribution in [1.29, 1.82) is 0 Å². The number of hydrogen-bond donors (Lipinski definition) is 1. The van der Waals surface area contributed by atoms with E-state index >= 15 is 0 Å². The number of fused-ring (bicyclic) bond motifs is 1. The predicted octanol–water partition coefficient (Wildman–Crippen LogP) is 2.42. The summed E-state index contributed by atoms with van der Waals surface area (Å²) in [7, 11) is 0. The molecule has 2 rings (SSSR count). The third-order valence-corrected chi connectivity index (χ3v) is 2.63. The van der Waals surface area contributed by atoms with Gasteiger partial charge in [-0.3, -0.25) is 0 Å². The number of rotatable bonds is 2. The van der Waals surface area contributed by atoms with Crippen LogP contribution in [-0.4, -0.2) is 14.7 Å². The Balaban J connectivity index is 2.68. The van der Waals surface area contributed by atoms with Gasteiger partial charge in [0, 0.05) is 6.04 Å². The minimum atomic E-state index is 0.0729. The second kappa shape index (κ2) is 3.66. The highest BCUT2D eigenvalue weighted by molar-refractivity contribution is 5.77. The molecule has 1 N–H and O–H groups in total. The van der Waals surface area contributed by atoms with Gasteiger partial charge in [-0.2, -0.15) is 0 Å². The molecule has 3 heteroatoms. The molecule has 1 aromatic carbocycles. The summed E-state index contributed by atoms with van der Waals surface area (Å²) in [6, 6.07) is 6.33. The van der Waals surface area contributed by atoms with Gasteiger partial charge in [-0.1, -0.05) is 6.07 Å². The van der Waals surface area contributed by atoms with Gasteiger partial charge in [0.1, 0.15) is 5.82 Å². The summed E-state index contributed by atoms with van der Waals surface area (Å²) in [6.07, 6.45) is 0. The molecule has 0 bridgehead atoms. The molecule has 1 heterocycles. The summed E-state index contributed by atoms with van der Waals surface area (Å²) in [5.41, 5.74) is 3.02. The molecule has 0 saturated carbocycles. The molecule has 80 valence electrons. The average Bonchev–Trinajstić information content (AvgIpc) is 2.52. The van der Waals surface area contributed by atoms with E-state index in [1.54, 1.807) is 0 Å². The summed E-state index contributed by atoms with van der Waals surface area (Å²) in [4.78, 5) is 4.49. The fourth-order valence-electron chi connectivity index (χ4n) is 2.01. The molecule has 2 aromatic rings. The van der Waals surface area contributed by atoms with Crippen molar-refractivity contribution in [3.63, 3.8) is 0 Å². The van der Waals surface area contributed by atoms with Gasteiger partial charge in [-0.15, -0.1) is 0 Å². The number of nitrogens with zero attached hydrogens (tertiary/aromatic N) is 2. The van der Waals surface area contributed by atoms with Crippen LogP contribution >= 0.6 is 0 Å². The largest absolute Gasteiger partial charge is 0.392 e.